The summed E-state index contributed by atoms with van der Waals surface area (Å²) in [6.45, 7) is 0. The summed E-state index contributed by atoms with van der Waals surface area (Å²) >= 11 is 36.0. The van der Waals surface area contributed by atoms with E-state index in [0.29, 0.717) is 48.3 Å². The average Bonchev–Trinajstić information content (AvgIpc) is 2.71. The predicted molar refractivity (Wildman–Crippen MR) is 140 cm³/mol. The summed E-state index contributed by atoms with van der Waals surface area (Å²) in [6.07, 6.45) is 0. The molecule has 0 amide bonds. The van der Waals surface area contributed by atoms with Crippen molar-refractivity contribution in [1.29, 1.82) is 0 Å². The van der Waals surface area contributed by atoms with E-state index < -0.39 is 0 Å². The van der Waals surface area contributed by atoms with E-state index in [0.717, 1.165) is 0 Å². The van der Waals surface area contributed by atoms with Gasteiger partial charge in [-0.15, -0.1) is 0 Å². The van der Waals surface area contributed by atoms with Crippen LogP contribution in [0.1, 0.15) is 0 Å². The zero-order valence-corrected chi connectivity index (χ0v) is 28.8. The summed E-state index contributed by atoms with van der Waals surface area (Å²) in [7, 11) is 0. The number of alkyl halides is 10. The third-order valence-corrected chi connectivity index (χ3v) is 21.5. The SMILES string of the molecule is BrC1C(Br)C(Br)C(Br)C1Br.BrC1C(Br)C(Br)C(Br)C1Br.[CH3-].[CH3-].[Co+2]. The van der Waals surface area contributed by atoms with Gasteiger partial charge in [-0.2, -0.15) is 0 Å². The molecular formula is C12H16Br10Co. The molecule has 0 unspecified atom stereocenters. The van der Waals surface area contributed by atoms with Gasteiger partial charge in [-0.1, -0.05) is 159 Å². The normalized spacial score (nSPS) is 48.3. The Kier molecular flexibility index (Phi) is 21.7. The summed E-state index contributed by atoms with van der Waals surface area (Å²) in [5.41, 5.74) is 0. The summed E-state index contributed by atoms with van der Waals surface area (Å²) in [4.78, 5) is 4.87. The van der Waals surface area contributed by atoms with Gasteiger partial charge in [0.2, 0.25) is 0 Å². The smallest absolute Gasteiger partial charge is 0.358 e. The Morgan fingerprint density at radius 1 is 0.261 bits per heavy atom. The van der Waals surface area contributed by atoms with Crippen LogP contribution in [0.2, 0.25) is 0 Å². The van der Waals surface area contributed by atoms with E-state index in [1.54, 1.807) is 0 Å². The van der Waals surface area contributed by atoms with Crippen LogP contribution < -0.4 is 0 Å². The topological polar surface area (TPSA) is 0 Å². The fourth-order valence-electron chi connectivity index (χ4n) is 1.76. The maximum atomic E-state index is 3.60. The van der Waals surface area contributed by atoms with Crippen LogP contribution in [-0.4, -0.2) is 48.3 Å². The van der Waals surface area contributed by atoms with E-state index in [-0.39, 0.29) is 31.6 Å². The first-order chi connectivity index (χ1) is 9.11. The molecular weight excluding hydrogens is 1000 g/mol. The summed E-state index contributed by atoms with van der Waals surface area (Å²) in [5, 5.41) is 0. The van der Waals surface area contributed by atoms with Crippen molar-refractivity contribution < 1.29 is 16.8 Å². The maximum Gasteiger partial charge on any atom is 2.00 e. The minimum Gasteiger partial charge on any atom is -0.358 e. The number of rotatable bonds is 0. The van der Waals surface area contributed by atoms with Gasteiger partial charge in [0.05, 0.1) is 0 Å². The fraction of sp³-hybridized carbons (Fsp3) is 0.833. The van der Waals surface area contributed by atoms with Crippen LogP contribution in [0.4, 0.5) is 0 Å². The first kappa shape index (κ1) is 33.0. The molecule has 2 saturated carbocycles. The van der Waals surface area contributed by atoms with Crippen LogP contribution in [-0.2, 0) is 16.8 Å². The predicted octanol–water partition coefficient (Wildman–Crippen LogP) is 8.53. The molecule has 0 atom stereocenters. The van der Waals surface area contributed by atoms with Crippen LogP contribution in [0.15, 0.2) is 0 Å². The second-order valence-electron chi connectivity index (χ2n) is 4.44. The summed E-state index contributed by atoms with van der Waals surface area (Å²) in [5.74, 6) is 0. The largest absolute Gasteiger partial charge is 2.00 e. The molecule has 0 aromatic carbocycles. The van der Waals surface area contributed by atoms with E-state index in [2.05, 4.69) is 159 Å². The number of hydrogen-bond acceptors (Lipinski definition) is 0. The van der Waals surface area contributed by atoms with Crippen molar-refractivity contribution in [3.05, 3.63) is 14.9 Å². The van der Waals surface area contributed by atoms with Gasteiger partial charge >= 0.3 is 16.8 Å². The van der Waals surface area contributed by atoms with Crippen LogP contribution >= 0.6 is 159 Å². The Balaban J connectivity index is -0.000000308. The molecule has 0 spiro atoms. The zero-order chi connectivity index (χ0) is 15.8. The van der Waals surface area contributed by atoms with E-state index in [4.69, 9.17) is 0 Å². The first-order valence-electron chi connectivity index (χ1n) is 5.52. The molecule has 0 aliphatic heterocycles. The molecule has 0 N–H and O–H groups in total. The molecule has 0 heterocycles. The molecule has 2 aliphatic rings. The van der Waals surface area contributed by atoms with Gasteiger partial charge in [-0.05, 0) is 0 Å². The third kappa shape index (κ3) is 8.52. The van der Waals surface area contributed by atoms with E-state index in [9.17, 15) is 0 Å². The van der Waals surface area contributed by atoms with E-state index in [1.165, 1.54) is 0 Å². The van der Waals surface area contributed by atoms with E-state index >= 15 is 0 Å². The molecule has 1 radical (unpaired) electrons. The van der Waals surface area contributed by atoms with Gasteiger partial charge in [-0.3, -0.25) is 0 Å². The molecule has 23 heavy (non-hydrogen) atoms. The molecule has 0 nitrogen and oxygen atoms in total. The van der Waals surface area contributed by atoms with Crippen LogP contribution in [0.25, 0.3) is 0 Å². The average molecular weight is 1020 g/mol. The molecule has 0 bridgehead atoms. The van der Waals surface area contributed by atoms with Crippen molar-refractivity contribution in [3.63, 3.8) is 0 Å². The van der Waals surface area contributed by atoms with Crippen LogP contribution in [0, 0.1) is 14.9 Å². The molecule has 0 aromatic rings. The fourth-order valence-corrected chi connectivity index (χ4v) is 12.4. The Labute approximate surface area is 235 Å². The standard InChI is InChI=1S/2C5H5Br5.2CH3.Co/c2*6-1-2(7)4(9)5(10)3(1)8;;;/h2*1-5H;2*1H3;/q;;2*-1;+2. The minimum atomic E-state index is 0. The molecule has 143 valence electrons. The van der Waals surface area contributed by atoms with Gasteiger partial charge < -0.3 is 14.9 Å². The molecule has 11 heteroatoms. The Morgan fingerprint density at radius 3 is 0.348 bits per heavy atom. The molecule has 0 aromatic heterocycles. The van der Waals surface area contributed by atoms with Crippen molar-refractivity contribution in [1.82, 2.24) is 0 Å². The van der Waals surface area contributed by atoms with Crippen LogP contribution in [0.3, 0.4) is 0 Å². The van der Waals surface area contributed by atoms with Gasteiger partial charge in [0, 0.05) is 48.3 Å². The van der Waals surface area contributed by atoms with Crippen molar-refractivity contribution >= 4 is 159 Å². The van der Waals surface area contributed by atoms with Crippen molar-refractivity contribution in [2.24, 2.45) is 0 Å². The Hall–Kier alpha value is 5.31. The Morgan fingerprint density at radius 2 is 0.304 bits per heavy atom. The summed E-state index contributed by atoms with van der Waals surface area (Å²) < 4.78 is 0. The zero-order valence-electron chi connectivity index (χ0n) is 11.9. The van der Waals surface area contributed by atoms with Gasteiger partial charge in [0.15, 0.2) is 0 Å². The molecule has 0 saturated heterocycles. The number of hydrogen-bond donors (Lipinski definition) is 0. The molecule has 2 aliphatic carbocycles. The second kappa shape index (κ2) is 15.2. The molecule has 2 fully saturated rings. The summed E-state index contributed by atoms with van der Waals surface area (Å²) in [6, 6.07) is 0. The van der Waals surface area contributed by atoms with E-state index in [1.807, 2.05) is 0 Å². The van der Waals surface area contributed by atoms with Crippen LogP contribution in [0.5, 0.6) is 0 Å². The van der Waals surface area contributed by atoms with Gasteiger partial charge in [-0.25, -0.2) is 0 Å². The number of halogens is 10. The first-order valence-corrected chi connectivity index (χ1v) is 14.7. The van der Waals surface area contributed by atoms with Gasteiger partial charge in [0.25, 0.3) is 0 Å². The Bertz CT molecular complexity index is 203. The molecule has 2 rings (SSSR count). The van der Waals surface area contributed by atoms with Crippen molar-refractivity contribution in [2.45, 2.75) is 48.3 Å². The minimum absolute atomic E-state index is 0. The second-order valence-corrected chi connectivity index (χ2v) is 15.0. The van der Waals surface area contributed by atoms with Crippen molar-refractivity contribution in [3.8, 4) is 0 Å². The van der Waals surface area contributed by atoms with Gasteiger partial charge in [0.1, 0.15) is 0 Å². The maximum absolute atomic E-state index is 3.60. The van der Waals surface area contributed by atoms with Crippen molar-refractivity contribution in [2.75, 3.05) is 0 Å². The monoisotopic (exact) mass is 1010 g/mol. The third-order valence-electron chi connectivity index (χ3n) is 3.04. The quantitative estimate of drug-likeness (QED) is 0.169.